The molecular formula is C25H21ClFNO6. The van der Waals surface area contributed by atoms with E-state index in [2.05, 4.69) is 0 Å². The second-order valence-corrected chi connectivity index (χ2v) is 8.05. The van der Waals surface area contributed by atoms with Crippen molar-refractivity contribution in [3.05, 3.63) is 99.8 Å². The maximum atomic E-state index is 13.4. The van der Waals surface area contributed by atoms with E-state index in [0.717, 1.165) is 11.1 Å². The van der Waals surface area contributed by atoms with Crippen molar-refractivity contribution in [3.63, 3.8) is 0 Å². The first-order valence-electron chi connectivity index (χ1n) is 10.5. The highest BCUT2D eigenvalue weighted by Crippen LogP contribution is 2.40. The second kappa shape index (κ2) is 10.5. The summed E-state index contributed by atoms with van der Waals surface area (Å²) in [7, 11) is 0. The Morgan fingerprint density at radius 3 is 2.68 bits per heavy atom. The third-order valence-electron chi connectivity index (χ3n) is 5.29. The third kappa shape index (κ3) is 5.65. The summed E-state index contributed by atoms with van der Waals surface area (Å²) in [5, 5.41) is 10.9. The third-order valence-corrected chi connectivity index (χ3v) is 5.53. The molecule has 1 aliphatic rings. The molecule has 0 saturated carbocycles. The smallest absolute Gasteiger partial charge is 0.482 e. The fraction of sp³-hybridized carbons (Fsp3) is 0.200. The molecule has 0 saturated heterocycles. The van der Waals surface area contributed by atoms with Crippen LogP contribution in [0.3, 0.4) is 0 Å². The molecule has 176 valence electrons. The number of carbonyl (C=O) groups is 2. The molecule has 4 rings (SSSR count). The van der Waals surface area contributed by atoms with Crippen LogP contribution in [0.4, 0.5) is 9.18 Å². The Bertz CT molecular complexity index is 1200. The highest BCUT2D eigenvalue weighted by molar-refractivity contribution is 6.30. The van der Waals surface area contributed by atoms with Gasteiger partial charge in [-0.3, -0.25) is 0 Å². The Morgan fingerprint density at radius 2 is 1.88 bits per heavy atom. The molecule has 3 aromatic rings. The minimum Gasteiger partial charge on any atom is -0.482 e. The molecule has 0 amide bonds. The molecule has 0 radical (unpaired) electrons. The molecule has 0 fully saturated rings. The highest BCUT2D eigenvalue weighted by atomic mass is 35.5. The van der Waals surface area contributed by atoms with E-state index >= 15 is 0 Å². The summed E-state index contributed by atoms with van der Waals surface area (Å²) in [6.07, 6.45) is -0.348. The van der Waals surface area contributed by atoms with E-state index in [1.807, 2.05) is 24.3 Å². The molecule has 9 heteroatoms. The summed E-state index contributed by atoms with van der Waals surface area (Å²) in [6.45, 7) is -0.350. The standard InChI is InChI=1S/C25H21ClFNO6/c26-18-8-9-22(32-15-23(29)30)21(13-18)24-20-7-2-1-5-17(20)10-11-28(24)34-25(31)33-14-16-4-3-6-19(27)12-16/h1-9,12-13,24H,10-11,14-15H2,(H,29,30)/t24-/m0/s1. The first-order chi connectivity index (χ1) is 16.4. The number of nitrogens with zero attached hydrogens (tertiary/aromatic N) is 1. The molecule has 0 aromatic heterocycles. The van der Waals surface area contributed by atoms with Crippen LogP contribution >= 0.6 is 11.6 Å². The quantitative estimate of drug-likeness (QED) is 0.463. The van der Waals surface area contributed by atoms with Crippen molar-refractivity contribution in [2.45, 2.75) is 19.1 Å². The minimum absolute atomic E-state index is 0.157. The van der Waals surface area contributed by atoms with E-state index in [4.69, 9.17) is 31.0 Å². The Balaban J connectivity index is 1.61. The lowest BCUT2D eigenvalue weighted by Gasteiger charge is -2.36. The first kappa shape index (κ1) is 23.5. The molecule has 0 spiro atoms. The van der Waals surface area contributed by atoms with Gasteiger partial charge in [-0.15, -0.1) is 5.06 Å². The maximum Gasteiger partial charge on any atom is 0.528 e. The van der Waals surface area contributed by atoms with Crippen molar-refractivity contribution in [1.29, 1.82) is 0 Å². The monoisotopic (exact) mass is 485 g/mol. The van der Waals surface area contributed by atoms with Gasteiger partial charge in [0.2, 0.25) is 0 Å². The summed E-state index contributed by atoms with van der Waals surface area (Å²) in [5.74, 6) is -1.26. The molecule has 1 atom stereocenters. The van der Waals surface area contributed by atoms with Crippen LogP contribution in [0, 0.1) is 5.82 Å². The van der Waals surface area contributed by atoms with Crippen molar-refractivity contribution in [1.82, 2.24) is 5.06 Å². The number of halogens is 2. The van der Waals surface area contributed by atoms with E-state index in [9.17, 15) is 14.0 Å². The molecule has 34 heavy (non-hydrogen) atoms. The number of carboxylic acid groups (broad SMARTS) is 1. The predicted octanol–water partition coefficient (Wildman–Crippen LogP) is 5.16. The van der Waals surface area contributed by atoms with Crippen LogP contribution in [0.1, 0.15) is 28.3 Å². The summed E-state index contributed by atoms with van der Waals surface area (Å²) in [5.41, 5.74) is 2.93. The van der Waals surface area contributed by atoms with Gasteiger partial charge in [-0.1, -0.05) is 48.0 Å². The van der Waals surface area contributed by atoms with Gasteiger partial charge in [0.1, 0.15) is 18.2 Å². The second-order valence-electron chi connectivity index (χ2n) is 7.62. The largest absolute Gasteiger partial charge is 0.528 e. The Kier molecular flexibility index (Phi) is 7.30. The van der Waals surface area contributed by atoms with Crippen molar-refractivity contribution >= 4 is 23.7 Å². The van der Waals surface area contributed by atoms with Gasteiger partial charge in [0, 0.05) is 17.1 Å². The Labute approximate surface area is 200 Å². The maximum absolute atomic E-state index is 13.4. The molecule has 1 heterocycles. The van der Waals surface area contributed by atoms with Crippen LogP contribution in [0.5, 0.6) is 5.75 Å². The lowest BCUT2D eigenvalue weighted by atomic mass is 9.89. The molecular weight excluding hydrogens is 465 g/mol. The van der Waals surface area contributed by atoms with Gasteiger partial charge in [0.05, 0.1) is 6.04 Å². The summed E-state index contributed by atoms with van der Waals surface area (Å²) in [4.78, 5) is 29.1. The average Bonchev–Trinajstić information content (AvgIpc) is 2.82. The van der Waals surface area contributed by atoms with E-state index in [1.54, 1.807) is 24.3 Å². The molecule has 3 aromatic carbocycles. The first-order valence-corrected chi connectivity index (χ1v) is 10.9. The van der Waals surface area contributed by atoms with Gasteiger partial charge >= 0.3 is 12.1 Å². The van der Waals surface area contributed by atoms with Crippen LogP contribution in [-0.4, -0.2) is 35.4 Å². The van der Waals surface area contributed by atoms with Crippen LogP contribution in [0.25, 0.3) is 0 Å². The number of carboxylic acids is 1. The lowest BCUT2D eigenvalue weighted by molar-refractivity contribution is -0.152. The highest BCUT2D eigenvalue weighted by Gasteiger charge is 2.34. The number of aliphatic carboxylic acids is 1. The van der Waals surface area contributed by atoms with Crippen LogP contribution < -0.4 is 4.74 Å². The number of carbonyl (C=O) groups excluding carboxylic acids is 1. The Morgan fingerprint density at radius 1 is 1.06 bits per heavy atom. The van der Waals surface area contributed by atoms with Crippen molar-refractivity contribution < 1.29 is 33.4 Å². The number of rotatable bonds is 7. The van der Waals surface area contributed by atoms with E-state index < -0.39 is 30.6 Å². The predicted molar refractivity (Wildman–Crippen MR) is 121 cm³/mol. The van der Waals surface area contributed by atoms with Crippen LogP contribution in [0.2, 0.25) is 5.02 Å². The normalized spacial score (nSPS) is 15.3. The van der Waals surface area contributed by atoms with Gasteiger partial charge in [-0.25, -0.2) is 14.0 Å². The zero-order valence-electron chi connectivity index (χ0n) is 17.9. The zero-order chi connectivity index (χ0) is 24.1. The van der Waals surface area contributed by atoms with Crippen molar-refractivity contribution in [2.24, 2.45) is 0 Å². The van der Waals surface area contributed by atoms with Crippen LogP contribution in [-0.2, 0) is 27.4 Å². The van der Waals surface area contributed by atoms with Gasteiger partial charge in [-0.05, 0) is 53.4 Å². The van der Waals surface area contributed by atoms with Crippen molar-refractivity contribution in [2.75, 3.05) is 13.2 Å². The number of hydrogen-bond donors (Lipinski definition) is 1. The fourth-order valence-corrected chi connectivity index (χ4v) is 4.04. The molecule has 7 nitrogen and oxygen atoms in total. The number of ether oxygens (including phenoxy) is 2. The zero-order valence-corrected chi connectivity index (χ0v) is 18.7. The fourth-order valence-electron chi connectivity index (χ4n) is 3.86. The van der Waals surface area contributed by atoms with Crippen molar-refractivity contribution in [3.8, 4) is 5.75 Å². The van der Waals surface area contributed by atoms with E-state index in [0.29, 0.717) is 34.9 Å². The lowest BCUT2D eigenvalue weighted by Crippen LogP contribution is -2.38. The molecule has 1 aliphatic heterocycles. The van der Waals surface area contributed by atoms with E-state index in [1.165, 1.54) is 23.3 Å². The van der Waals surface area contributed by atoms with Gasteiger partial charge in [-0.2, -0.15) is 0 Å². The van der Waals surface area contributed by atoms with Gasteiger partial charge < -0.3 is 19.4 Å². The molecule has 1 N–H and O–H groups in total. The summed E-state index contributed by atoms with van der Waals surface area (Å²) >= 11 is 6.26. The number of hydroxylamine groups is 2. The number of hydrogen-bond acceptors (Lipinski definition) is 6. The Hall–Kier alpha value is -3.62. The topological polar surface area (TPSA) is 85.3 Å². The van der Waals surface area contributed by atoms with Gasteiger partial charge in [0.15, 0.2) is 6.61 Å². The average molecular weight is 486 g/mol. The molecule has 0 bridgehead atoms. The summed E-state index contributed by atoms with van der Waals surface area (Å²) < 4.78 is 24.1. The van der Waals surface area contributed by atoms with E-state index in [-0.39, 0.29) is 6.61 Å². The minimum atomic E-state index is -1.13. The molecule has 0 aliphatic carbocycles. The molecule has 0 unspecified atom stereocenters. The number of benzene rings is 3. The van der Waals surface area contributed by atoms with Crippen LogP contribution in [0.15, 0.2) is 66.7 Å². The van der Waals surface area contributed by atoms with Gasteiger partial charge in [0.25, 0.3) is 0 Å². The SMILES string of the molecule is O=C(O)COc1ccc(Cl)cc1[C@@H]1c2ccccc2CCN1OC(=O)OCc1cccc(F)c1. The number of fused-ring (bicyclic) bond motifs is 1. The summed E-state index contributed by atoms with van der Waals surface area (Å²) in [6, 6.07) is 17.6.